The third-order valence-electron chi connectivity index (χ3n) is 2.91. The molecule has 2 aromatic rings. The second-order valence-corrected chi connectivity index (χ2v) is 4.28. The van der Waals surface area contributed by atoms with Gasteiger partial charge in [-0.25, -0.2) is 0 Å². The molecule has 0 spiro atoms. The molecule has 0 bridgehead atoms. The number of H-pyrrole nitrogens is 1. The zero-order chi connectivity index (χ0) is 13.8. The fourth-order valence-corrected chi connectivity index (χ4v) is 1.84. The molecule has 6 heteroatoms. The molecule has 100 valence electrons. The lowest BCUT2D eigenvalue weighted by Gasteiger charge is -2.08. The van der Waals surface area contributed by atoms with Gasteiger partial charge in [-0.3, -0.25) is 9.89 Å². The summed E-state index contributed by atoms with van der Waals surface area (Å²) in [6, 6.07) is 1.75. The minimum absolute atomic E-state index is 0.186. The predicted molar refractivity (Wildman–Crippen MR) is 72.1 cm³/mol. The molecule has 0 saturated carbocycles. The average Bonchev–Trinajstić information content (AvgIpc) is 2.85. The van der Waals surface area contributed by atoms with Crippen molar-refractivity contribution in [2.45, 2.75) is 33.6 Å². The van der Waals surface area contributed by atoms with Crippen molar-refractivity contribution in [2.24, 2.45) is 0 Å². The molecule has 0 aromatic carbocycles. The van der Waals surface area contributed by atoms with Gasteiger partial charge in [-0.1, -0.05) is 13.8 Å². The van der Waals surface area contributed by atoms with E-state index in [0.717, 1.165) is 17.7 Å². The Bertz CT molecular complexity index is 590. The lowest BCUT2D eigenvalue weighted by molar-refractivity contribution is 0.102. The van der Waals surface area contributed by atoms with Crippen molar-refractivity contribution >= 4 is 11.7 Å². The summed E-state index contributed by atoms with van der Waals surface area (Å²) in [5.74, 6) is 0.456. The van der Waals surface area contributed by atoms with Crippen molar-refractivity contribution in [1.82, 2.24) is 20.4 Å². The molecular formula is C13H17N5O. The van der Waals surface area contributed by atoms with E-state index in [1.165, 1.54) is 0 Å². The van der Waals surface area contributed by atoms with Crippen molar-refractivity contribution in [3.63, 3.8) is 0 Å². The number of aryl methyl sites for hydroxylation is 3. The topological polar surface area (TPSA) is 83.6 Å². The van der Waals surface area contributed by atoms with Crippen LogP contribution in [0.3, 0.4) is 0 Å². The average molecular weight is 259 g/mol. The van der Waals surface area contributed by atoms with Crippen LogP contribution >= 0.6 is 0 Å². The summed E-state index contributed by atoms with van der Waals surface area (Å²) < 4.78 is 0. The van der Waals surface area contributed by atoms with Gasteiger partial charge < -0.3 is 5.32 Å². The standard InChI is InChI=1S/C13H17N5O/c1-4-9-7-14-18-12(9)15-13(19)10-6-8(3)16-17-11(10)5-2/h6-7H,4-5H2,1-3H3,(H2,14,15,18,19). The molecule has 0 aliphatic carbocycles. The SMILES string of the molecule is CCc1cn[nH]c1NC(=O)c1cc(C)nnc1CC. The number of hydrogen-bond donors (Lipinski definition) is 2. The van der Waals surface area contributed by atoms with E-state index in [-0.39, 0.29) is 5.91 Å². The number of nitrogens with one attached hydrogen (secondary N) is 2. The molecular weight excluding hydrogens is 242 g/mol. The number of aromatic amines is 1. The number of hydrogen-bond acceptors (Lipinski definition) is 4. The van der Waals surface area contributed by atoms with Gasteiger partial charge in [0.1, 0.15) is 5.82 Å². The van der Waals surface area contributed by atoms with Gasteiger partial charge in [-0.05, 0) is 25.8 Å². The van der Waals surface area contributed by atoms with Crippen LogP contribution in [0.4, 0.5) is 5.82 Å². The Labute approximate surface area is 111 Å². The molecule has 0 aliphatic heterocycles. The lowest BCUT2D eigenvalue weighted by Crippen LogP contribution is -2.17. The van der Waals surface area contributed by atoms with Gasteiger partial charge in [-0.2, -0.15) is 15.3 Å². The van der Waals surface area contributed by atoms with E-state index in [4.69, 9.17) is 0 Å². The van der Waals surface area contributed by atoms with Crippen LogP contribution in [0, 0.1) is 6.92 Å². The zero-order valence-electron chi connectivity index (χ0n) is 11.3. The van der Waals surface area contributed by atoms with Crippen LogP contribution in [0.5, 0.6) is 0 Å². The Balaban J connectivity index is 2.27. The number of nitrogens with zero attached hydrogens (tertiary/aromatic N) is 3. The number of rotatable bonds is 4. The van der Waals surface area contributed by atoms with E-state index < -0.39 is 0 Å². The number of anilines is 1. The number of aromatic nitrogens is 4. The van der Waals surface area contributed by atoms with Crippen LogP contribution in [-0.2, 0) is 12.8 Å². The van der Waals surface area contributed by atoms with E-state index in [0.29, 0.717) is 23.5 Å². The van der Waals surface area contributed by atoms with E-state index in [9.17, 15) is 4.79 Å². The van der Waals surface area contributed by atoms with Gasteiger partial charge in [0.2, 0.25) is 0 Å². The highest BCUT2D eigenvalue weighted by molar-refractivity contribution is 6.04. The predicted octanol–water partition coefficient (Wildman–Crippen LogP) is 1.89. The van der Waals surface area contributed by atoms with Crippen LogP contribution in [0.1, 0.15) is 41.2 Å². The second-order valence-electron chi connectivity index (χ2n) is 4.28. The molecule has 2 N–H and O–H groups in total. The maximum atomic E-state index is 12.3. The molecule has 2 rings (SSSR count). The Morgan fingerprint density at radius 1 is 1.32 bits per heavy atom. The van der Waals surface area contributed by atoms with Crippen LogP contribution < -0.4 is 5.32 Å². The molecule has 19 heavy (non-hydrogen) atoms. The van der Waals surface area contributed by atoms with Gasteiger partial charge >= 0.3 is 0 Å². The van der Waals surface area contributed by atoms with E-state index in [1.807, 2.05) is 20.8 Å². The van der Waals surface area contributed by atoms with Crippen molar-refractivity contribution in [3.8, 4) is 0 Å². The molecule has 0 atom stereocenters. The van der Waals surface area contributed by atoms with Gasteiger partial charge in [0.25, 0.3) is 5.91 Å². The molecule has 0 fully saturated rings. The minimum atomic E-state index is -0.186. The molecule has 1 amide bonds. The Hall–Kier alpha value is -2.24. The van der Waals surface area contributed by atoms with Crippen LogP contribution in [0.25, 0.3) is 0 Å². The number of carbonyl (C=O) groups is 1. The summed E-state index contributed by atoms with van der Waals surface area (Å²) in [4.78, 5) is 12.3. The van der Waals surface area contributed by atoms with Gasteiger partial charge in [0.05, 0.1) is 23.1 Å². The number of amides is 1. The summed E-state index contributed by atoms with van der Waals surface area (Å²) >= 11 is 0. The molecule has 2 heterocycles. The number of carbonyl (C=O) groups excluding carboxylic acids is 1. The fraction of sp³-hybridized carbons (Fsp3) is 0.385. The first-order valence-electron chi connectivity index (χ1n) is 6.32. The maximum Gasteiger partial charge on any atom is 0.258 e. The summed E-state index contributed by atoms with van der Waals surface area (Å²) in [5, 5.41) is 17.6. The molecule has 6 nitrogen and oxygen atoms in total. The summed E-state index contributed by atoms with van der Waals surface area (Å²) in [6.07, 6.45) is 3.19. The Kier molecular flexibility index (Phi) is 3.89. The second kappa shape index (κ2) is 5.60. The third kappa shape index (κ3) is 2.78. The van der Waals surface area contributed by atoms with Crippen molar-refractivity contribution in [3.05, 3.63) is 34.8 Å². The van der Waals surface area contributed by atoms with Crippen LogP contribution in [-0.4, -0.2) is 26.3 Å². The lowest BCUT2D eigenvalue weighted by atomic mass is 10.1. The maximum absolute atomic E-state index is 12.3. The molecule has 0 radical (unpaired) electrons. The summed E-state index contributed by atoms with van der Waals surface area (Å²) in [5.41, 5.74) is 2.96. The van der Waals surface area contributed by atoms with E-state index in [1.54, 1.807) is 12.3 Å². The van der Waals surface area contributed by atoms with Gasteiger partial charge in [0.15, 0.2) is 0 Å². The largest absolute Gasteiger partial charge is 0.307 e. The van der Waals surface area contributed by atoms with E-state index >= 15 is 0 Å². The zero-order valence-corrected chi connectivity index (χ0v) is 11.3. The van der Waals surface area contributed by atoms with Crippen molar-refractivity contribution in [2.75, 3.05) is 5.32 Å². The molecule has 0 aliphatic rings. The highest BCUT2D eigenvalue weighted by Crippen LogP contribution is 2.14. The van der Waals surface area contributed by atoms with Crippen LogP contribution in [0.15, 0.2) is 12.3 Å². The van der Waals surface area contributed by atoms with Gasteiger partial charge in [0, 0.05) is 5.56 Å². The summed E-state index contributed by atoms with van der Waals surface area (Å²) in [7, 11) is 0. The third-order valence-corrected chi connectivity index (χ3v) is 2.91. The quantitative estimate of drug-likeness (QED) is 0.878. The fourth-order valence-electron chi connectivity index (χ4n) is 1.84. The first-order chi connectivity index (χ1) is 9.15. The molecule has 0 unspecified atom stereocenters. The first-order valence-corrected chi connectivity index (χ1v) is 6.32. The van der Waals surface area contributed by atoms with E-state index in [2.05, 4.69) is 25.7 Å². The monoisotopic (exact) mass is 259 g/mol. The van der Waals surface area contributed by atoms with Crippen LogP contribution in [0.2, 0.25) is 0 Å². The Morgan fingerprint density at radius 2 is 2.11 bits per heavy atom. The summed E-state index contributed by atoms with van der Waals surface area (Å²) in [6.45, 7) is 5.77. The molecule has 0 saturated heterocycles. The van der Waals surface area contributed by atoms with Gasteiger partial charge in [-0.15, -0.1) is 0 Å². The van der Waals surface area contributed by atoms with Crippen molar-refractivity contribution in [1.29, 1.82) is 0 Å². The highest BCUT2D eigenvalue weighted by Gasteiger charge is 2.15. The normalized spacial score (nSPS) is 10.5. The Morgan fingerprint density at radius 3 is 2.79 bits per heavy atom. The molecule has 2 aromatic heterocycles. The smallest absolute Gasteiger partial charge is 0.258 e. The minimum Gasteiger partial charge on any atom is -0.307 e. The first kappa shape index (κ1) is 13.2. The van der Waals surface area contributed by atoms with Crippen molar-refractivity contribution < 1.29 is 4.79 Å². The highest BCUT2D eigenvalue weighted by atomic mass is 16.1.